The van der Waals surface area contributed by atoms with Crippen LogP contribution in [-0.2, 0) is 13.1 Å². The number of benzene rings is 1. The first kappa shape index (κ1) is 13.5. The topological polar surface area (TPSA) is 47.1 Å². The zero-order chi connectivity index (χ0) is 13.8. The first-order valence-corrected chi connectivity index (χ1v) is 6.74. The molecule has 0 saturated heterocycles. The molecule has 0 spiro atoms. The quantitative estimate of drug-likeness (QED) is 0.839. The molecule has 0 bridgehead atoms. The Labute approximate surface area is 114 Å². The van der Waals surface area contributed by atoms with E-state index in [1.807, 2.05) is 30.6 Å². The van der Waals surface area contributed by atoms with E-state index >= 15 is 0 Å². The predicted molar refractivity (Wildman–Crippen MR) is 80.1 cm³/mol. The molecule has 0 aliphatic rings. The number of hydrogen-bond acceptors (Lipinski definition) is 3. The van der Waals surface area contributed by atoms with Gasteiger partial charge in [0.25, 0.3) is 0 Å². The van der Waals surface area contributed by atoms with Crippen LogP contribution in [0.25, 0.3) is 0 Å². The van der Waals surface area contributed by atoms with Crippen molar-refractivity contribution in [3.8, 4) is 0 Å². The van der Waals surface area contributed by atoms with Crippen LogP contribution >= 0.6 is 0 Å². The lowest BCUT2D eigenvalue weighted by Crippen LogP contribution is -2.32. The van der Waals surface area contributed by atoms with Crippen molar-refractivity contribution in [3.63, 3.8) is 0 Å². The minimum atomic E-state index is 0.368. The van der Waals surface area contributed by atoms with Gasteiger partial charge in [-0.2, -0.15) is 0 Å². The summed E-state index contributed by atoms with van der Waals surface area (Å²) in [5, 5.41) is 0. The van der Waals surface area contributed by atoms with Crippen molar-refractivity contribution in [1.82, 2.24) is 9.55 Å². The molecule has 1 aromatic heterocycles. The maximum absolute atomic E-state index is 6.04. The third-order valence-electron chi connectivity index (χ3n) is 3.31. The van der Waals surface area contributed by atoms with Gasteiger partial charge in [-0.1, -0.05) is 18.2 Å². The monoisotopic (exact) mass is 258 g/mol. The van der Waals surface area contributed by atoms with Crippen molar-refractivity contribution < 1.29 is 0 Å². The molecule has 0 unspecified atom stereocenters. The van der Waals surface area contributed by atoms with Crippen molar-refractivity contribution in [2.75, 3.05) is 10.6 Å². The summed E-state index contributed by atoms with van der Waals surface area (Å²) in [6.45, 7) is 8.17. The lowest BCUT2D eigenvalue weighted by molar-refractivity contribution is 0.627. The number of aryl methyl sites for hydroxylation is 1. The smallest absolute Gasteiger partial charge is 0.205 e. The Kier molecular flexibility index (Phi) is 4.10. The van der Waals surface area contributed by atoms with E-state index in [9.17, 15) is 0 Å². The van der Waals surface area contributed by atoms with Gasteiger partial charge in [0.15, 0.2) is 0 Å². The molecule has 1 heterocycles. The first-order valence-electron chi connectivity index (χ1n) is 6.74. The van der Waals surface area contributed by atoms with Gasteiger partial charge in [0.2, 0.25) is 5.95 Å². The van der Waals surface area contributed by atoms with E-state index in [4.69, 9.17) is 5.73 Å². The fraction of sp³-hybridized carbons (Fsp3) is 0.400. The van der Waals surface area contributed by atoms with E-state index in [0.29, 0.717) is 6.04 Å². The van der Waals surface area contributed by atoms with E-state index in [0.717, 1.165) is 30.3 Å². The van der Waals surface area contributed by atoms with Gasteiger partial charge < -0.3 is 15.2 Å². The number of anilines is 2. The summed E-state index contributed by atoms with van der Waals surface area (Å²) >= 11 is 0. The van der Waals surface area contributed by atoms with Crippen LogP contribution in [0.5, 0.6) is 0 Å². The molecule has 2 aromatic rings. The number of nitrogens with zero attached hydrogens (tertiary/aromatic N) is 3. The van der Waals surface area contributed by atoms with E-state index in [1.54, 1.807) is 0 Å². The zero-order valence-electron chi connectivity index (χ0n) is 11.9. The second-order valence-corrected chi connectivity index (χ2v) is 4.93. The van der Waals surface area contributed by atoms with Crippen LogP contribution in [0.2, 0.25) is 0 Å². The molecule has 4 nitrogen and oxygen atoms in total. The van der Waals surface area contributed by atoms with Gasteiger partial charge in [0.05, 0.1) is 0 Å². The molecule has 0 atom stereocenters. The van der Waals surface area contributed by atoms with E-state index in [2.05, 4.69) is 41.3 Å². The molecular weight excluding hydrogens is 236 g/mol. The maximum Gasteiger partial charge on any atom is 0.205 e. The second kappa shape index (κ2) is 5.78. The summed E-state index contributed by atoms with van der Waals surface area (Å²) in [5.41, 5.74) is 8.02. The van der Waals surface area contributed by atoms with Gasteiger partial charge in [0.1, 0.15) is 0 Å². The van der Waals surface area contributed by atoms with Crippen LogP contribution in [0.3, 0.4) is 0 Å². The minimum absolute atomic E-state index is 0.368. The average molecular weight is 258 g/mol. The number of rotatable bonds is 5. The average Bonchev–Trinajstić information content (AvgIpc) is 2.85. The van der Waals surface area contributed by atoms with Gasteiger partial charge >= 0.3 is 0 Å². The number of nitrogen functional groups attached to an aromatic ring is 1. The Morgan fingerprint density at radius 1 is 1.32 bits per heavy atom. The maximum atomic E-state index is 6.04. The Balaban J connectivity index is 2.30. The SMILES string of the molecule is CCn1ccnc1N(Cc1ccccc1N)C(C)C. The van der Waals surface area contributed by atoms with Crippen molar-refractivity contribution in [2.24, 2.45) is 0 Å². The summed E-state index contributed by atoms with van der Waals surface area (Å²) in [5.74, 6) is 1.00. The summed E-state index contributed by atoms with van der Waals surface area (Å²) < 4.78 is 2.15. The number of nitrogens with two attached hydrogens (primary N) is 1. The van der Waals surface area contributed by atoms with Crippen LogP contribution in [0.15, 0.2) is 36.7 Å². The lowest BCUT2D eigenvalue weighted by atomic mass is 10.1. The van der Waals surface area contributed by atoms with Gasteiger partial charge in [-0.3, -0.25) is 0 Å². The highest BCUT2D eigenvalue weighted by atomic mass is 15.3. The van der Waals surface area contributed by atoms with Crippen LogP contribution < -0.4 is 10.6 Å². The lowest BCUT2D eigenvalue weighted by Gasteiger charge is -2.28. The minimum Gasteiger partial charge on any atom is -0.398 e. The molecule has 2 rings (SSSR count). The summed E-state index contributed by atoms with van der Waals surface area (Å²) in [6, 6.07) is 8.37. The predicted octanol–water partition coefficient (Wildman–Crippen LogP) is 2.90. The Morgan fingerprint density at radius 3 is 2.68 bits per heavy atom. The van der Waals surface area contributed by atoms with Crippen LogP contribution in [0.1, 0.15) is 26.3 Å². The fourth-order valence-corrected chi connectivity index (χ4v) is 2.15. The highest BCUT2D eigenvalue weighted by Crippen LogP contribution is 2.21. The van der Waals surface area contributed by atoms with Crippen LogP contribution in [-0.4, -0.2) is 15.6 Å². The van der Waals surface area contributed by atoms with Gasteiger partial charge in [-0.25, -0.2) is 4.98 Å². The van der Waals surface area contributed by atoms with Gasteiger partial charge in [-0.15, -0.1) is 0 Å². The third kappa shape index (κ3) is 2.89. The van der Waals surface area contributed by atoms with Gasteiger partial charge in [0, 0.05) is 37.2 Å². The Morgan fingerprint density at radius 2 is 2.05 bits per heavy atom. The standard InChI is InChI=1S/C15H22N4/c1-4-18-10-9-17-15(18)19(12(2)3)11-13-7-5-6-8-14(13)16/h5-10,12H,4,11,16H2,1-3H3. The summed E-state index contributed by atoms with van der Waals surface area (Å²) in [4.78, 5) is 6.76. The van der Waals surface area contributed by atoms with E-state index < -0.39 is 0 Å². The first-order chi connectivity index (χ1) is 9.13. The molecule has 0 saturated carbocycles. The van der Waals surface area contributed by atoms with E-state index in [-0.39, 0.29) is 0 Å². The van der Waals surface area contributed by atoms with Crippen molar-refractivity contribution in [2.45, 2.75) is 39.9 Å². The fourth-order valence-electron chi connectivity index (χ4n) is 2.15. The molecule has 1 aromatic carbocycles. The molecule has 102 valence electrons. The number of imidazole rings is 1. The van der Waals surface area contributed by atoms with E-state index in [1.165, 1.54) is 0 Å². The molecule has 0 amide bonds. The van der Waals surface area contributed by atoms with Crippen molar-refractivity contribution >= 4 is 11.6 Å². The molecule has 2 N–H and O–H groups in total. The van der Waals surface area contributed by atoms with Crippen LogP contribution in [0, 0.1) is 0 Å². The number of para-hydroxylation sites is 1. The molecule has 0 aliphatic heterocycles. The number of aromatic nitrogens is 2. The zero-order valence-corrected chi connectivity index (χ0v) is 11.9. The third-order valence-corrected chi connectivity index (χ3v) is 3.31. The normalized spacial score (nSPS) is 10.9. The largest absolute Gasteiger partial charge is 0.398 e. The molecule has 0 aliphatic carbocycles. The molecule has 0 radical (unpaired) electrons. The molecular formula is C15H22N4. The Hall–Kier alpha value is -1.97. The summed E-state index contributed by atoms with van der Waals surface area (Å²) in [6.07, 6.45) is 3.86. The van der Waals surface area contributed by atoms with Crippen LogP contribution in [0.4, 0.5) is 11.6 Å². The molecule has 0 fully saturated rings. The van der Waals surface area contributed by atoms with Gasteiger partial charge in [-0.05, 0) is 32.4 Å². The second-order valence-electron chi connectivity index (χ2n) is 4.93. The van der Waals surface area contributed by atoms with Crippen molar-refractivity contribution in [1.29, 1.82) is 0 Å². The number of hydrogen-bond donors (Lipinski definition) is 1. The highest BCUT2D eigenvalue weighted by molar-refractivity contribution is 5.49. The highest BCUT2D eigenvalue weighted by Gasteiger charge is 2.16. The summed E-state index contributed by atoms with van der Waals surface area (Å²) in [7, 11) is 0. The van der Waals surface area contributed by atoms with Crippen molar-refractivity contribution in [3.05, 3.63) is 42.2 Å². The molecule has 19 heavy (non-hydrogen) atoms. The molecule has 4 heteroatoms. The Bertz CT molecular complexity index is 530.